The molecule has 0 aliphatic rings. The van der Waals surface area contributed by atoms with Gasteiger partial charge in [0.2, 0.25) is 5.91 Å². The minimum absolute atomic E-state index is 0.0953. The highest BCUT2D eigenvalue weighted by atomic mass is 16.3. The van der Waals surface area contributed by atoms with E-state index in [9.17, 15) is 9.90 Å². The maximum absolute atomic E-state index is 12.5. The lowest BCUT2D eigenvalue weighted by molar-refractivity contribution is -0.113. The first kappa shape index (κ1) is 21.3. The number of benzene rings is 2. The van der Waals surface area contributed by atoms with E-state index in [2.05, 4.69) is 10.3 Å². The standard InChI is InChI=1S/C24H26N6O2/c1-16-12-18(31)8-10-19(16)26-24-22-14-25-15-30(22)21-13-17(7-9-20(21)27-24)29(4)23(32)6-5-11-28(2)3/h5-10,12-15,31H,11H2,1-4H3,(H,26,27)/b6-5+. The molecule has 4 aromatic rings. The topological polar surface area (TPSA) is 86.0 Å². The van der Waals surface area contributed by atoms with E-state index >= 15 is 0 Å². The predicted octanol–water partition coefficient (Wildman–Crippen LogP) is 3.72. The Balaban J connectivity index is 1.70. The van der Waals surface area contributed by atoms with Crippen LogP contribution < -0.4 is 10.2 Å². The number of carbonyl (C=O) groups excluding carboxylic acids is 1. The van der Waals surface area contributed by atoms with E-state index < -0.39 is 0 Å². The van der Waals surface area contributed by atoms with Crippen LogP contribution in [-0.4, -0.2) is 58.0 Å². The zero-order valence-corrected chi connectivity index (χ0v) is 18.6. The quantitative estimate of drug-likeness (QED) is 0.358. The van der Waals surface area contributed by atoms with Crippen LogP contribution >= 0.6 is 0 Å². The normalized spacial score (nSPS) is 11.7. The van der Waals surface area contributed by atoms with Gasteiger partial charge >= 0.3 is 0 Å². The number of rotatable bonds is 6. The van der Waals surface area contributed by atoms with E-state index in [4.69, 9.17) is 4.98 Å². The summed E-state index contributed by atoms with van der Waals surface area (Å²) in [6, 6.07) is 10.9. The average Bonchev–Trinajstić information content (AvgIpc) is 3.25. The van der Waals surface area contributed by atoms with Crippen molar-refractivity contribution in [3.63, 3.8) is 0 Å². The van der Waals surface area contributed by atoms with Gasteiger partial charge in [-0.05, 0) is 63.0 Å². The van der Waals surface area contributed by atoms with Gasteiger partial charge in [0.15, 0.2) is 5.82 Å². The summed E-state index contributed by atoms with van der Waals surface area (Å²) >= 11 is 0. The summed E-state index contributed by atoms with van der Waals surface area (Å²) in [5.74, 6) is 0.784. The van der Waals surface area contributed by atoms with Crippen LogP contribution in [0.2, 0.25) is 0 Å². The van der Waals surface area contributed by atoms with Gasteiger partial charge in [0.1, 0.15) is 11.3 Å². The number of carbonyl (C=O) groups is 1. The summed E-state index contributed by atoms with van der Waals surface area (Å²) in [6.45, 7) is 2.62. The predicted molar refractivity (Wildman–Crippen MR) is 128 cm³/mol. The molecule has 32 heavy (non-hydrogen) atoms. The van der Waals surface area contributed by atoms with Gasteiger partial charge in [-0.25, -0.2) is 9.97 Å². The van der Waals surface area contributed by atoms with Crippen molar-refractivity contribution in [2.75, 3.05) is 37.9 Å². The van der Waals surface area contributed by atoms with Gasteiger partial charge in [0.25, 0.3) is 0 Å². The molecular formula is C24H26N6O2. The van der Waals surface area contributed by atoms with Crippen LogP contribution in [0, 0.1) is 6.92 Å². The molecule has 0 atom stereocenters. The number of aromatic hydroxyl groups is 1. The smallest absolute Gasteiger partial charge is 0.250 e. The van der Waals surface area contributed by atoms with Crippen LogP contribution in [0.1, 0.15) is 5.56 Å². The van der Waals surface area contributed by atoms with Crippen molar-refractivity contribution >= 4 is 39.6 Å². The molecule has 0 fully saturated rings. The number of hydrogen-bond donors (Lipinski definition) is 2. The number of amides is 1. The van der Waals surface area contributed by atoms with Crippen LogP contribution in [0.3, 0.4) is 0 Å². The second-order valence-corrected chi connectivity index (χ2v) is 7.97. The second kappa shape index (κ2) is 8.68. The van der Waals surface area contributed by atoms with E-state index in [1.54, 1.807) is 42.7 Å². The second-order valence-electron chi connectivity index (χ2n) is 7.97. The highest BCUT2D eigenvalue weighted by Gasteiger charge is 2.14. The maximum atomic E-state index is 12.5. The molecule has 2 heterocycles. The highest BCUT2D eigenvalue weighted by molar-refractivity contribution is 6.02. The van der Waals surface area contributed by atoms with Gasteiger partial charge in [-0.2, -0.15) is 0 Å². The number of nitrogens with one attached hydrogen (secondary N) is 1. The van der Waals surface area contributed by atoms with Crippen molar-refractivity contribution in [2.45, 2.75) is 6.92 Å². The number of fused-ring (bicyclic) bond motifs is 3. The summed E-state index contributed by atoms with van der Waals surface area (Å²) < 4.78 is 1.95. The van der Waals surface area contributed by atoms with Crippen molar-refractivity contribution in [1.82, 2.24) is 19.3 Å². The van der Waals surface area contributed by atoms with Gasteiger partial charge in [-0.15, -0.1) is 0 Å². The molecule has 0 spiro atoms. The minimum atomic E-state index is -0.0953. The Morgan fingerprint density at radius 2 is 1.97 bits per heavy atom. The third-order valence-electron chi connectivity index (χ3n) is 5.24. The molecule has 0 bridgehead atoms. The van der Waals surface area contributed by atoms with Crippen LogP contribution in [0.25, 0.3) is 16.6 Å². The Bertz CT molecular complexity index is 1330. The van der Waals surface area contributed by atoms with Gasteiger partial charge in [-0.1, -0.05) is 6.08 Å². The maximum Gasteiger partial charge on any atom is 0.250 e. The lowest BCUT2D eigenvalue weighted by Crippen LogP contribution is -2.24. The van der Waals surface area contributed by atoms with Gasteiger partial charge in [-0.3, -0.25) is 9.20 Å². The number of phenols is 1. The molecule has 2 N–H and O–H groups in total. The third kappa shape index (κ3) is 4.26. The van der Waals surface area contributed by atoms with E-state index in [1.165, 1.54) is 0 Å². The number of likely N-dealkylation sites (N-methyl/N-ethyl adjacent to an activating group) is 2. The molecule has 4 rings (SSSR count). The Kier molecular flexibility index (Phi) is 5.79. The molecule has 164 valence electrons. The molecule has 1 amide bonds. The molecule has 8 nitrogen and oxygen atoms in total. The molecule has 0 saturated heterocycles. The molecule has 0 saturated carbocycles. The Morgan fingerprint density at radius 3 is 2.72 bits per heavy atom. The lowest BCUT2D eigenvalue weighted by atomic mass is 10.2. The monoisotopic (exact) mass is 430 g/mol. The largest absolute Gasteiger partial charge is 0.508 e. The van der Waals surface area contributed by atoms with Crippen molar-refractivity contribution < 1.29 is 9.90 Å². The SMILES string of the molecule is Cc1cc(O)ccc1Nc1nc2ccc(N(C)C(=O)/C=C/CN(C)C)cc2n2cncc12. The molecule has 0 aliphatic carbocycles. The van der Waals surface area contributed by atoms with Gasteiger partial charge in [0, 0.05) is 31.0 Å². The number of nitrogens with zero attached hydrogens (tertiary/aromatic N) is 5. The van der Waals surface area contributed by atoms with Crippen LogP contribution in [0.5, 0.6) is 5.75 Å². The van der Waals surface area contributed by atoms with Crippen LogP contribution in [0.4, 0.5) is 17.2 Å². The fraction of sp³-hybridized carbons (Fsp3) is 0.208. The first-order valence-electron chi connectivity index (χ1n) is 10.2. The summed E-state index contributed by atoms with van der Waals surface area (Å²) in [6.07, 6.45) is 6.91. The molecule has 0 aliphatic heterocycles. The molecule has 0 radical (unpaired) electrons. The number of hydrogen-bond acceptors (Lipinski definition) is 6. The molecular weight excluding hydrogens is 404 g/mol. The molecule has 0 unspecified atom stereocenters. The van der Waals surface area contributed by atoms with E-state index in [-0.39, 0.29) is 11.7 Å². The number of anilines is 3. The molecule has 2 aromatic heterocycles. The number of aryl methyl sites for hydroxylation is 1. The first-order chi connectivity index (χ1) is 15.3. The van der Waals surface area contributed by atoms with E-state index in [0.717, 1.165) is 33.5 Å². The zero-order chi connectivity index (χ0) is 22.8. The number of phenolic OH excluding ortho intramolecular Hbond substituents is 1. The summed E-state index contributed by atoms with van der Waals surface area (Å²) in [5, 5.41) is 13.0. The fourth-order valence-corrected chi connectivity index (χ4v) is 3.46. The van der Waals surface area contributed by atoms with Gasteiger partial charge < -0.3 is 20.2 Å². The zero-order valence-electron chi connectivity index (χ0n) is 18.6. The molecule has 2 aromatic carbocycles. The Morgan fingerprint density at radius 1 is 1.16 bits per heavy atom. The molecule has 8 heteroatoms. The van der Waals surface area contributed by atoms with Crippen molar-refractivity contribution in [3.8, 4) is 5.75 Å². The minimum Gasteiger partial charge on any atom is -0.508 e. The van der Waals surface area contributed by atoms with Crippen molar-refractivity contribution in [1.29, 1.82) is 0 Å². The van der Waals surface area contributed by atoms with Crippen LogP contribution in [0.15, 0.2) is 61.1 Å². The van der Waals surface area contributed by atoms with E-state index in [1.807, 2.05) is 60.7 Å². The van der Waals surface area contributed by atoms with Crippen molar-refractivity contribution in [3.05, 3.63) is 66.6 Å². The number of aromatic nitrogens is 3. The third-order valence-corrected chi connectivity index (χ3v) is 5.24. The van der Waals surface area contributed by atoms with Crippen LogP contribution in [-0.2, 0) is 4.79 Å². The highest BCUT2D eigenvalue weighted by Crippen LogP contribution is 2.29. The van der Waals surface area contributed by atoms with Gasteiger partial charge in [0.05, 0.1) is 23.6 Å². The average molecular weight is 431 g/mol. The summed E-state index contributed by atoms with van der Waals surface area (Å²) in [5.41, 5.74) is 4.94. The Hall–Kier alpha value is -3.91. The van der Waals surface area contributed by atoms with E-state index in [0.29, 0.717) is 12.4 Å². The number of imidazole rings is 1. The Labute approximate surface area is 186 Å². The first-order valence-corrected chi connectivity index (χ1v) is 10.2. The lowest BCUT2D eigenvalue weighted by Gasteiger charge is -2.17. The van der Waals surface area contributed by atoms with Crippen molar-refractivity contribution in [2.24, 2.45) is 0 Å². The fourth-order valence-electron chi connectivity index (χ4n) is 3.46. The summed E-state index contributed by atoms with van der Waals surface area (Å²) in [7, 11) is 5.67. The summed E-state index contributed by atoms with van der Waals surface area (Å²) in [4.78, 5) is 25.2.